The molecule has 1 amide bonds. The average Bonchev–Trinajstić information content (AvgIpc) is 2.52. The minimum absolute atomic E-state index is 0.0393. The van der Waals surface area contributed by atoms with Crippen LogP contribution in [-0.2, 0) is 9.53 Å². The van der Waals surface area contributed by atoms with E-state index in [0.717, 1.165) is 26.0 Å². The fourth-order valence-corrected chi connectivity index (χ4v) is 5.57. The fourth-order valence-electron chi connectivity index (χ4n) is 4.37. The van der Waals surface area contributed by atoms with Crippen LogP contribution in [-0.4, -0.2) is 42.2 Å². The first kappa shape index (κ1) is 15.6. The number of fused-ring (bicyclic) bond motifs is 1. The molecule has 3 unspecified atom stereocenters. The van der Waals surface area contributed by atoms with Gasteiger partial charge in [-0.15, -0.1) is 0 Å². The third-order valence-electron chi connectivity index (χ3n) is 5.95. The lowest BCUT2D eigenvalue weighted by molar-refractivity contribution is -0.225. The van der Waals surface area contributed by atoms with Gasteiger partial charge in [0.25, 0.3) is 0 Å². The highest BCUT2D eigenvalue weighted by Crippen LogP contribution is 2.57. The van der Waals surface area contributed by atoms with E-state index < -0.39 is 5.54 Å². The van der Waals surface area contributed by atoms with Crippen LogP contribution in [0.3, 0.4) is 0 Å². The van der Waals surface area contributed by atoms with Crippen molar-refractivity contribution in [3.63, 3.8) is 0 Å². The maximum atomic E-state index is 12.8. The predicted octanol–water partition coefficient (Wildman–Crippen LogP) is 1.78. The van der Waals surface area contributed by atoms with Crippen molar-refractivity contribution >= 4 is 17.7 Å². The van der Waals surface area contributed by atoms with Gasteiger partial charge in [0.2, 0.25) is 5.91 Å². The molecule has 2 saturated heterocycles. The molecule has 0 aromatic heterocycles. The molecule has 2 heterocycles. The maximum absolute atomic E-state index is 12.8. The van der Waals surface area contributed by atoms with Crippen LogP contribution in [0.25, 0.3) is 0 Å². The number of ether oxygens (including phenoxy) is 1. The fraction of sp³-hybridized carbons (Fsp3) is 0.938. The molecule has 0 aromatic rings. The molecule has 3 atom stereocenters. The maximum Gasteiger partial charge on any atom is 0.241 e. The van der Waals surface area contributed by atoms with Gasteiger partial charge in [-0.3, -0.25) is 4.79 Å². The van der Waals surface area contributed by atoms with Gasteiger partial charge in [0, 0.05) is 24.5 Å². The molecular weight excluding hydrogens is 284 g/mol. The molecule has 3 fully saturated rings. The summed E-state index contributed by atoms with van der Waals surface area (Å²) in [6.45, 7) is 5.75. The Bertz CT molecular complexity index is 409. The van der Waals surface area contributed by atoms with Crippen LogP contribution in [0.2, 0.25) is 0 Å². The van der Waals surface area contributed by atoms with E-state index in [9.17, 15) is 4.79 Å². The normalized spacial score (nSPS) is 39.2. The molecule has 4 nitrogen and oxygen atoms in total. The van der Waals surface area contributed by atoms with Crippen LogP contribution in [0.15, 0.2) is 0 Å². The Morgan fingerprint density at radius 3 is 2.76 bits per heavy atom. The molecule has 120 valence electrons. The van der Waals surface area contributed by atoms with Crippen LogP contribution in [0.1, 0.15) is 39.5 Å². The average molecular weight is 312 g/mol. The van der Waals surface area contributed by atoms with Crippen molar-refractivity contribution in [2.75, 3.05) is 24.7 Å². The summed E-state index contributed by atoms with van der Waals surface area (Å²) < 4.78 is 5.87. The molecule has 3 N–H and O–H groups in total. The van der Waals surface area contributed by atoms with Crippen LogP contribution in [0, 0.1) is 17.3 Å². The topological polar surface area (TPSA) is 64.3 Å². The summed E-state index contributed by atoms with van der Waals surface area (Å²) in [5.41, 5.74) is 5.56. The number of hydrogen-bond donors (Lipinski definition) is 2. The number of nitrogens with two attached hydrogens (primary N) is 1. The highest BCUT2D eigenvalue weighted by molar-refractivity contribution is 7.99. The molecule has 3 rings (SSSR count). The number of thioether (sulfide) groups is 1. The Kier molecular flexibility index (Phi) is 4.27. The molecule has 1 aliphatic carbocycles. The van der Waals surface area contributed by atoms with Gasteiger partial charge < -0.3 is 15.8 Å². The molecule has 3 aliphatic rings. The summed E-state index contributed by atoms with van der Waals surface area (Å²) in [5, 5.41) is 3.15. The summed E-state index contributed by atoms with van der Waals surface area (Å²) in [5.74, 6) is 3.29. The summed E-state index contributed by atoms with van der Waals surface area (Å²) in [7, 11) is 0. The van der Waals surface area contributed by atoms with Crippen molar-refractivity contribution in [2.24, 2.45) is 23.0 Å². The van der Waals surface area contributed by atoms with Crippen molar-refractivity contribution < 1.29 is 9.53 Å². The van der Waals surface area contributed by atoms with Crippen molar-refractivity contribution in [1.29, 1.82) is 0 Å². The lowest BCUT2D eigenvalue weighted by Crippen LogP contribution is -2.82. The quantitative estimate of drug-likeness (QED) is 0.834. The van der Waals surface area contributed by atoms with Crippen LogP contribution in [0.4, 0.5) is 0 Å². The number of rotatable bonds is 3. The van der Waals surface area contributed by atoms with Crippen molar-refractivity contribution in [1.82, 2.24) is 5.32 Å². The Balaban J connectivity index is 1.62. The highest BCUT2D eigenvalue weighted by Gasteiger charge is 2.70. The van der Waals surface area contributed by atoms with E-state index >= 15 is 0 Å². The van der Waals surface area contributed by atoms with Crippen molar-refractivity contribution in [3.8, 4) is 0 Å². The molecule has 0 aromatic carbocycles. The molecule has 2 aliphatic heterocycles. The lowest BCUT2D eigenvalue weighted by Gasteiger charge is -2.65. The number of nitrogens with one attached hydrogen (secondary N) is 1. The number of amides is 1. The SMILES string of the molecule is CC1(C)C2OCCCC2C1(N)C(=O)NCC1CCSCC1. The van der Waals surface area contributed by atoms with E-state index in [-0.39, 0.29) is 23.3 Å². The summed E-state index contributed by atoms with van der Waals surface area (Å²) in [6.07, 6.45) is 4.59. The van der Waals surface area contributed by atoms with Gasteiger partial charge in [0.15, 0.2) is 0 Å². The molecule has 0 spiro atoms. The van der Waals surface area contributed by atoms with E-state index in [1.807, 2.05) is 11.8 Å². The van der Waals surface area contributed by atoms with Crippen LogP contribution < -0.4 is 11.1 Å². The zero-order valence-corrected chi connectivity index (χ0v) is 14.0. The van der Waals surface area contributed by atoms with E-state index in [1.165, 1.54) is 24.3 Å². The van der Waals surface area contributed by atoms with Crippen LogP contribution >= 0.6 is 11.8 Å². The van der Waals surface area contributed by atoms with Crippen LogP contribution in [0.5, 0.6) is 0 Å². The van der Waals surface area contributed by atoms with E-state index in [4.69, 9.17) is 10.5 Å². The van der Waals surface area contributed by atoms with E-state index in [2.05, 4.69) is 19.2 Å². The van der Waals surface area contributed by atoms with Gasteiger partial charge in [-0.2, -0.15) is 11.8 Å². The molecule has 1 saturated carbocycles. The zero-order chi connectivity index (χ0) is 15.1. The predicted molar refractivity (Wildman–Crippen MR) is 86.2 cm³/mol. The van der Waals surface area contributed by atoms with Crippen molar-refractivity contribution in [2.45, 2.75) is 51.2 Å². The first-order chi connectivity index (χ1) is 9.98. The van der Waals surface area contributed by atoms with E-state index in [1.54, 1.807) is 0 Å². The molecule has 21 heavy (non-hydrogen) atoms. The Labute approximate surface area is 131 Å². The minimum Gasteiger partial charge on any atom is -0.377 e. The summed E-state index contributed by atoms with van der Waals surface area (Å²) in [6, 6.07) is 0. The number of carbonyl (C=O) groups excluding carboxylic acids is 1. The van der Waals surface area contributed by atoms with Gasteiger partial charge >= 0.3 is 0 Å². The molecular formula is C16H28N2O2S. The van der Waals surface area contributed by atoms with Crippen molar-refractivity contribution in [3.05, 3.63) is 0 Å². The van der Waals surface area contributed by atoms with E-state index in [0.29, 0.717) is 5.92 Å². The standard InChI is InChI=1S/C16H28N2O2S/c1-15(2)13-12(4-3-7-20-13)16(15,17)14(19)18-10-11-5-8-21-9-6-11/h11-13H,3-10,17H2,1-2H3,(H,18,19). The number of carbonyl (C=O) groups is 1. The Morgan fingerprint density at radius 2 is 2.05 bits per heavy atom. The smallest absolute Gasteiger partial charge is 0.241 e. The van der Waals surface area contributed by atoms with Gasteiger partial charge in [-0.1, -0.05) is 13.8 Å². The second-order valence-electron chi connectivity index (χ2n) is 7.40. The van der Waals surface area contributed by atoms with Gasteiger partial charge in [0.05, 0.1) is 6.10 Å². The van der Waals surface area contributed by atoms with Gasteiger partial charge in [-0.05, 0) is 43.1 Å². The first-order valence-corrected chi connectivity index (χ1v) is 9.40. The van der Waals surface area contributed by atoms with Gasteiger partial charge in [0.1, 0.15) is 5.54 Å². The Morgan fingerprint density at radius 1 is 1.33 bits per heavy atom. The molecule has 0 radical (unpaired) electrons. The minimum atomic E-state index is -0.762. The monoisotopic (exact) mass is 312 g/mol. The third-order valence-corrected chi connectivity index (χ3v) is 7.00. The first-order valence-electron chi connectivity index (χ1n) is 8.24. The lowest BCUT2D eigenvalue weighted by atomic mass is 9.46. The van der Waals surface area contributed by atoms with Gasteiger partial charge in [-0.25, -0.2) is 0 Å². The number of hydrogen-bond acceptors (Lipinski definition) is 4. The second-order valence-corrected chi connectivity index (χ2v) is 8.62. The molecule has 5 heteroatoms. The Hall–Kier alpha value is -0.260. The summed E-state index contributed by atoms with van der Waals surface area (Å²) >= 11 is 2.01. The molecule has 0 bridgehead atoms. The zero-order valence-electron chi connectivity index (χ0n) is 13.2. The third kappa shape index (κ3) is 2.41. The highest BCUT2D eigenvalue weighted by atomic mass is 32.2. The summed E-state index contributed by atoms with van der Waals surface area (Å²) in [4.78, 5) is 12.8. The largest absolute Gasteiger partial charge is 0.377 e. The second kappa shape index (κ2) is 5.74.